The fourth-order valence-corrected chi connectivity index (χ4v) is 12.3. The third-order valence-corrected chi connectivity index (χ3v) is 15.1. The molecule has 0 aliphatic heterocycles. The van der Waals surface area contributed by atoms with E-state index in [0.29, 0.717) is 0 Å². The minimum absolute atomic E-state index is 0.105. The van der Waals surface area contributed by atoms with Gasteiger partial charge in [-0.25, -0.2) is 0 Å². The van der Waals surface area contributed by atoms with E-state index < -0.39 is 0 Å². The molecule has 0 unspecified atom stereocenters. The molecular weight excluding hydrogens is 759 g/mol. The maximum absolute atomic E-state index is 6.94. The van der Waals surface area contributed by atoms with Crippen LogP contribution < -0.4 is 4.90 Å². The van der Waals surface area contributed by atoms with Crippen molar-refractivity contribution >= 4 is 81.3 Å². The first-order valence-electron chi connectivity index (χ1n) is 21.3. The maximum Gasteiger partial charge on any atom is 0.144 e. The molecule has 2 aromatic heterocycles. The normalized spacial score (nSPS) is 14.5. The zero-order valence-electron chi connectivity index (χ0n) is 34.5. The van der Waals surface area contributed by atoms with Crippen LogP contribution in [-0.4, -0.2) is 0 Å². The Bertz CT molecular complexity index is 3650. The van der Waals surface area contributed by atoms with Gasteiger partial charge in [-0.05, 0) is 127 Å². The third kappa shape index (κ3) is 4.78. The van der Waals surface area contributed by atoms with Crippen LogP contribution in [0.4, 0.5) is 17.1 Å². The molecule has 2 aliphatic carbocycles. The van der Waals surface area contributed by atoms with Crippen LogP contribution in [0.5, 0.6) is 0 Å². The third-order valence-electron chi connectivity index (χ3n) is 14.0. The predicted octanol–water partition coefficient (Wildman–Crippen LogP) is 16.9. The number of furan rings is 1. The van der Waals surface area contributed by atoms with Gasteiger partial charge in [-0.1, -0.05) is 143 Å². The molecule has 0 saturated heterocycles. The Labute approximate surface area is 358 Å². The summed E-state index contributed by atoms with van der Waals surface area (Å²) in [6.07, 6.45) is 0. The first kappa shape index (κ1) is 34.9. The van der Waals surface area contributed by atoms with Gasteiger partial charge in [-0.2, -0.15) is 0 Å². The molecule has 3 heteroatoms. The Balaban J connectivity index is 1.04. The van der Waals surface area contributed by atoms with Crippen molar-refractivity contribution in [2.45, 2.75) is 38.5 Å². The number of anilines is 3. The lowest BCUT2D eigenvalue weighted by molar-refractivity contribution is 0.660. The number of rotatable bonds is 4. The summed E-state index contributed by atoms with van der Waals surface area (Å²) in [5, 5.41) is 7.09. The molecule has 9 aromatic carbocycles. The number of nitrogens with zero attached hydrogens (tertiary/aromatic N) is 1. The van der Waals surface area contributed by atoms with Crippen molar-refractivity contribution in [3.63, 3.8) is 0 Å². The second-order valence-corrected chi connectivity index (χ2v) is 19.1. The van der Waals surface area contributed by atoms with Crippen molar-refractivity contribution in [2.75, 3.05) is 4.90 Å². The van der Waals surface area contributed by atoms with E-state index in [9.17, 15) is 0 Å². The summed E-state index contributed by atoms with van der Waals surface area (Å²) in [7, 11) is 0. The van der Waals surface area contributed by atoms with E-state index in [0.717, 1.165) is 39.0 Å². The molecule has 0 atom stereocenters. The SMILES string of the molecule is CC1(C)c2ccccc2-c2ccc(N(c3ccc(-c4cccc5c4C(C)(C)c4ccccc4-5)cc3)c3cccc4sc5ccc6c7cc8ccccc8cc7oc6c5c34)cc21. The van der Waals surface area contributed by atoms with Gasteiger partial charge in [0.15, 0.2) is 0 Å². The van der Waals surface area contributed by atoms with Gasteiger partial charge >= 0.3 is 0 Å². The van der Waals surface area contributed by atoms with Crippen LogP contribution in [-0.2, 0) is 10.8 Å². The second-order valence-electron chi connectivity index (χ2n) is 18.0. The first-order valence-corrected chi connectivity index (χ1v) is 22.1. The number of benzene rings is 9. The molecule has 2 heterocycles. The summed E-state index contributed by atoms with van der Waals surface area (Å²) in [4.78, 5) is 2.49. The van der Waals surface area contributed by atoms with Gasteiger partial charge < -0.3 is 9.32 Å². The van der Waals surface area contributed by atoms with Gasteiger partial charge in [0, 0.05) is 53.1 Å². The highest BCUT2D eigenvalue weighted by molar-refractivity contribution is 7.26. The molecule has 13 rings (SSSR count). The second kappa shape index (κ2) is 12.3. The van der Waals surface area contributed by atoms with E-state index in [1.165, 1.54) is 86.6 Å². The Morgan fingerprint density at radius 2 is 1.07 bits per heavy atom. The molecule has 0 N–H and O–H groups in total. The van der Waals surface area contributed by atoms with Crippen molar-refractivity contribution in [3.8, 4) is 33.4 Å². The Morgan fingerprint density at radius 3 is 1.87 bits per heavy atom. The zero-order chi connectivity index (χ0) is 40.8. The highest BCUT2D eigenvalue weighted by Crippen LogP contribution is 2.55. The van der Waals surface area contributed by atoms with Crippen LogP contribution in [0.15, 0.2) is 180 Å². The summed E-state index contributed by atoms with van der Waals surface area (Å²) in [5.41, 5.74) is 18.4. The minimum atomic E-state index is -0.138. The number of fused-ring (bicyclic) bond motifs is 14. The van der Waals surface area contributed by atoms with E-state index in [1.807, 2.05) is 11.3 Å². The van der Waals surface area contributed by atoms with Gasteiger partial charge in [-0.3, -0.25) is 0 Å². The number of hydrogen-bond acceptors (Lipinski definition) is 3. The van der Waals surface area contributed by atoms with Crippen molar-refractivity contribution in [1.82, 2.24) is 0 Å². The predicted molar refractivity (Wildman–Crippen MR) is 259 cm³/mol. The smallest absolute Gasteiger partial charge is 0.144 e. The fourth-order valence-electron chi connectivity index (χ4n) is 11.1. The molecule has 0 saturated carbocycles. The van der Waals surface area contributed by atoms with E-state index in [2.05, 4.69) is 209 Å². The van der Waals surface area contributed by atoms with Crippen molar-refractivity contribution < 1.29 is 4.42 Å². The van der Waals surface area contributed by atoms with E-state index in [4.69, 9.17) is 4.42 Å². The largest absolute Gasteiger partial charge is 0.455 e. The molecular formula is C58H41NOS. The van der Waals surface area contributed by atoms with Crippen molar-refractivity contribution in [1.29, 1.82) is 0 Å². The van der Waals surface area contributed by atoms with Crippen LogP contribution >= 0.6 is 11.3 Å². The summed E-state index contributed by atoms with van der Waals surface area (Å²) >= 11 is 1.84. The zero-order valence-corrected chi connectivity index (χ0v) is 35.3. The van der Waals surface area contributed by atoms with E-state index in [-0.39, 0.29) is 10.8 Å². The average Bonchev–Trinajstić information content (AvgIpc) is 3.98. The van der Waals surface area contributed by atoms with Crippen LogP contribution in [0.1, 0.15) is 49.9 Å². The molecule has 0 amide bonds. The number of thiophene rings is 1. The summed E-state index contributed by atoms with van der Waals surface area (Å²) in [5.74, 6) is 0. The Kier molecular flexibility index (Phi) is 7.04. The van der Waals surface area contributed by atoms with Gasteiger partial charge in [-0.15, -0.1) is 11.3 Å². The molecule has 61 heavy (non-hydrogen) atoms. The molecule has 0 spiro atoms. The van der Waals surface area contributed by atoms with Crippen LogP contribution in [0.25, 0.3) is 86.3 Å². The van der Waals surface area contributed by atoms with Gasteiger partial charge in [0.1, 0.15) is 11.2 Å². The van der Waals surface area contributed by atoms with Crippen LogP contribution in [0.2, 0.25) is 0 Å². The standard InChI is InChI=1S/C58H41NOS/c1-57(2)46-19-9-7-15-40(46)42-28-27-38(33-48(42)57)59(37-25-23-34(24-26-37)39-17-11-18-43-41-16-8-10-20-47(41)58(3,4)55(39)43)49-21-12-22-51-53(49)54-52(61-51)30-29-44-45-31-35-13-5-6-14-36(35)32-50(45)60-56(44)54/h5-33H,1-4H3. The first-order chi connectivity index (χ1) is 29.8. The lowest BCUT2D eigenvalue weighted by Gasteiger charge is -2.29. The lowest BCUT2D eigenvalue weighted by Crippen LogP contribution is -2.17. The minimum Gasteiger partial charge on any atom is -0.455 e. The highest BCUT2D eigenvalue weighted by Gasteiger charge is 2.38. The van der Waals surface area contributed by atoms with Gasteiger partial charge in [0.2, 0.25) is 0 Å². The van der Waals surface area contributed by atoms with Crippen molar-refractivity contribution in [3.05, 3.63) is 198 Å². The molecule has 0 bridgehead atoms. The van der Waals surface area contributed by atoms with Crippen molar-refractivity contribution in [2.24, 2.45) is 0 Å². The molecule has 290 valence electrons. The number of hydrogen-bond donors (Lipinski definition) is 0. The van der Waals surface area contributed by atoms with Gasteiger partial charge in [0.25, 0.3) is 0 Å². The van der Waals surface area contributed by atoms with E-state index >= 15 is 0 Å². The molecule has 11 aromatic rings. The highest BCUT2D eigenvalue weighted by atomic mass is 32.1. The average molecular weight is 800 g/mol. The topological polar surface area (TPSA) is 16.4 Å². The summed E-state index contributed by atoms with van der Waals surface area (Å²) in [6, 6.07) is 65.5. The fraction of sp³-hybridized carbons (Fsp3) is 0.103. The summed E-state index contributed by atoms with van der Waals surface area (Å²) in [6.45, 7) is 9.48. The Morgan fingerprint density at radius 1 is 0.443 bits per heavy atom. The van der Waals surface area contributed by atoms with Crippen LogP contribution in [0, 0.1) is 0 Å². The van der Waals surface area contributed by atoms with Crippen LogP contribution in [0.3, 0.4) is 0 Å². The Hall–Kier alpha value is -6.94. The monoisotopic (exact) mass is 799 g/mol. The lowest BCUT2D eigenvalue weighted by atomic mass is 9.79. The summed E-state index contributed by atoms with van der Waals surface area (Å²) < 4.78 is 9.40. The van der Waals surface area contributed by atoms with Gasteiger partial charge in [0.05, 0.1) is 5.69 Å². The maximum atomic E-state index is 6.94. The molecule has 0 fully saturated rings. The van der Waals surface area contributed by atoms with E-state index in [1.54, 1.807) is 0 Å². The molecule has 0 radical (unpaired) electrons. The molecule has 2 aliphatic rings. The quantitative estimate of drug-likeness (QED) is 0.176. The molecule has 2 nitrogen and oxygen atoms in total.